The number of sulfone groups is 2. The molecule has 0 bridgehead atoms. The van der Waals surface area contributed by atoms with Crippen molar-refractivity contribution in [3.05, 3.63) is 48.0 Å². The van der Waals surface area contributed by atoms with E-state index in [2.05, 4.69) is 37.4 Å². The molecule has 17 heteroatoms. The standard InChI is InChI=1S/C10H13NO3S.C9H11NO4S.CH3I.CH2O3.2K.H/c1-7(2)15(13,14)9-4-5-10(8(3)12)11-6-9;1-6(2)15(13,14)7-3-4-8(9(11)12)10-5-7;1-2;2-1-4-3;;;/h4-7H,1-3H3;3-6H,1-2H3,(H,11,12);1H3;1,3H;;;/q;;;;2*+1;-1/p-1. The molecule has 0 unspecified atom stereocenters. The van der Waals surface area contributed by atoms with Crippen LogP contribution in [0.5, 0.6) is 0 Å². The van der Waals surface area contributed by atoms with E-state index < -0.39 is 36.1 Å². The third kappa shape index (κ3) is 16.3. The second-order valence-electron chi connectivity index (χ2n) is 7.00. The molecule has 0 aliphatic rings. The van der Waals surface area contributed by atoms with Crippen LogP contribution in [0.25, 0.3) is 0 Å². The molecule has 2 rings (SSSR count). The summed E-state index contributed by atoms with van der Waals surface area (Å²) >= 11 is 2.15. The van der Waals surface area contributed by atoms with E-state index >= 15 is 0 Å². The Balaban J connectivity index is -0.000000154. The minimum absolute atomic E-state index is 0. The Kier molecular flexibility index (Phi) is 28.1. The Labute approximate surface area is 323 Å². The first kappa shape index (κ1) is 45.8. The number of nitrogens with zero attached hydrogens (tertiary/aromatic N) is 2. The SMILES string of the molecule is CC(=O)c1ccc(S(=O)(=O)C(C)C)cn1.CC(C)S(=O)(=O)c1ccc(C(=O)O)nc1.CI.O=CO[O-].[H-].[K+].[K+]. The fourth-order valence-corrected chi connectivity index (χ4v) is 3.98. The molecular weight excluding hydrogens is 709 g/mol. The molecule has 0 fully saturated rings. The summed E-state index contributed by atoms with van der Waals surface area (Å²) in [4.78, 5) is 42.2. The number of ketones is 1. The summed E-state index contributed by atoms with van der Waals surface area (Å²) < 4.78 is 46.6. The van der Waals surface area contributed by atoms with Gasteiger partial charge in [0.2, 0.25) is 0 Å². The van der Waals surface area contributed by atoms with Gasteiger partial charge in [-0.25, -0.2) is 26.6 Å². The van der Waals surface area contributed by atoms with Crippen molar-refractivity contribution in [1.82, 2.24) is 9.97 Å². The number of pyridine rings is 2. The molecule has 0 aliphatic heterocycles. The summed E-state index contributed by atoms with van der Waals surface area (Å²) in [6.07, 6.45) is 2.30. The Morgan fingerprint density at radius 2 is 1.21 bits per heavy atom. The van der Waals surface area contributed by atoms with Crippen LogP contribution in [0.1, 0.15) is 57.0 Å². The molecule has 204 valence electrons. The van der Waals surface area contributed by atoms with Crippen LogP contribution in [-0.2, 0) is 29.4 Å². The van der Waals surface area contributed by atoms with Crippen molar-refractivity contribution >= 4 is 60.5 Å². The normalized spacial score (nSPS) is 9.95. The predicted octanol–water partition coefficient (Wildman–Crippen LogP) is -3.97. The van der Waals surface area contributed by atoms with Gasteiger partial charge in [-0.3, -0.25) is 14.6 Å². The third-order valence-corrected chi connectivity index (χ3v) is 8.27. The summed E-state index contributed by atoms with van der Waals surface area (Å²) in [5.74, 6) is -1.35. The van der Waals surface area contributed by atoms with E-state index in [9.17, 15) is 26.4 Å². The quantitative estimate of drug-likeness (QED) is 0.0551. The average Bonchev–Trinajstić information content (AvgIpc) is 2.85. The number of hydrogen-bond acceptors (Lipinski definition) is 11. The van der Waals surface area contributed by atoms with Gasteiger partial charge in [-0.2, -0.15) is 0 Å². The fraction of sp³-hybridized carbons (Fsp3) is 0.381. The number of aromatic nitrogens is 2. The van der Waals surface area contributed by atoms with Gasteiger partial charge in [0.25, 0.3) is 6.47 Å². The predicted molar refractivity (Wildman–Crippen MR) is 138 cm³/mol. The van der Waals surface area contributed by atoms with Gasteiger partial charge in [-0.15, -0.1) is 0 Å². The Morgan fingerprint density at radius 3 is 1.39 bits per heavy atom. The van der Waals surface area contributed by atoms with Crippen molar-refractivity contribution < 1.29 is 151 Å². The van der Waals surface area contributed by atoms with Crippen LogP contribution in [0.3, 0.4) is 0 Å². The summed E-state index contributed by atoms with van der Waals surface area (Å²) in [5.41, 5.74) is 0.107. The van der Waals surface area contributed by atoms with E-state index in [0.29, 0.717) is 0 Å². The van der Waals surface area contributed by atoms with Crippen LogP contribution < -0.4 is 108 Å². The number of carboxylic acids is 1. The van der Waals surface area contributed by atoms with Gasteiger partial charge in [0.1, 0.15) is 11.4 Å². The molecule has 1 N–H and O–H groups in total. The molecule has 0 amide bonds. The Bertz CT molecular complexity index is 1110. The van der Waals surface area contributed by atoms with E-state index in [4.69, 9.17) is 15.2 Å². The van der Waals surface area contributed by atoms with E-state index in [1.807, 2.05) is 4.93 Å². The average molecular weight is 739 g/mol. The summed E-state index contributed by atoms with van der Waals surface area (Å²) in [5, 5.41) is 16.0. The van der Waals surface area contributed by atoms with Crippen LogP contribution in [0.2, 0.25) is 0 Å². The van der Waals surface area contributed by atoms with Gasteiger partial charge in [-0.1, -0.05) is 22.6 Å². The Hall–Kier alpha value is 0.773. The largest absolute Gasteiger partial charge is 1.00 e. The number of alkyl halides is 1. The monoisotopic (exact) mass is 738 g/mol. The van der Waals surface area contributed by atoms with Crippen molar-refractivity contribution in [3.8, 4) is 0 Å². The smallest absolute Gasteiger partial charge is 1.00 e. The zero-order valence-corrected chi connectivity index (χ0v) is 32.4. The Morgan fingerprint density at radius 1 is 0.895 bits per heavy atom. The van der Waals surface area contributed by atoms with Gasteiger partial charge in [-0.05, 0) is 56.9 Å². The minimum Gasteiger partial charge on any atom is -1.00 e. The summed E-state index contributed by atoms with van der Waals surface area (Å²) in [6, 6.07) is 5.28. The maximum absolute atomic E-state index is 11.7. The van der Waals surface area contributed by atoms with Crippen molar-refractivity contribution in [1.29, 1.82) is 0 Å². The van der Waals surface area contributed by atoms with Crippen molar-refractivity contribution in [2.45, 2.75) is 54.9 Å². The van der Waals surface area contributed by atoms with Crippen molar-refractivity contribution in [2.75, 3.05) is 4.93 Å². The van der Waals surface area contributed by atoms with Crippen LogP contribution in [0.4, 0.5) is 0 Å². The number of carboxylic acid groups (broad SMARTS) is 1. The fourth-order valence-electron chi connectivity index (χ4n) is 1.98. The van der Waals surface area contributed by atoms with Crippen molar-refractivity contribution in [3.63, 3.8) is 0 Å². The topological polar surface area (TPSA) is 198 Å². The second kappa shape index (κ2) is 23.3. The molecule has 0 aromatic carbocycles. The summed E-state index contributed by atoms with van der Waals surface area (Å²) in [7, 11) is -6.67. The van der Waals surface area contributed by atoms with E-state index in [-0.39, 0.29) is 138 Å². The van der Waals surface area contributed by atoms with Crippen LogP contribution >= 0.6 is 22.6 Å². The van der Waals surface area contributed by atoms with E-state index in [1.54, 1.807) is 27.7 Å². The van der Waals surface area contributed by atoms with Crippen LogP contribution in [0, 0.1) is 0 Å². The molecule has 38 heavy (non-hydrogen) atoms. The first-order chi connectivity index (χ1) is 16.6. The number of rotatable bonds is 7. The first-order valence-corrected chi connectivity index (χ1v) is 15.1. The number of Topliss-reactive ketones (excluding diaryl/α,β-unsaturated/α-hetero) is 1. The molecular formula is C21H29IK2N2O10S2. The molecule has 0 radical (unpaired) electrons. The van der Waals surface area contributed by atoms with Gasteiger partial charge in [0.15, 0.2) is 25.5 Å². The van der Waals surface area contributed by atoms with Gasteiger partial charge < -0.3 is 16.7 Å². The zero-order chi connectivity index (χ0) is 28.7. The second-order valence-corrected chi connectivity index (χ2v) is 12.0. The molecule has 2 heterocycles. The molecule has 12 nitrogen and oxygen atoms in total. The van der Waals surface area contributed by atoms with Crippen molar-refractivity contribution in [2.24, 2.45) is 0 Å². The molecule has 0 spiro atoms. The number of carbonyl (C=O) groups is 3. The minimum atomic E-state index is -3.37. The summed E-state index contributed by atoms with van der Waals surface area (Å²) in [6.45, 7) is 7.53. The van der Waals surface area contributed by atoms with Gasteiger partial charge in [0.05, 0.1) is 20.3 Å². The molecule has 0 aliphatic carbocycles. The van der Waals surface area contributed by atoms with Gasteiger partial charge in [0, 0.05) is 19.3 Å². The molecule has 2 aromatic heterocycles. The van der Waals surface area contributed by atoms with Crippen LogP contribution in [0.15, 0.2) is 46.5 Å². The maximum atomic E-state index is 11.7. The number of aromatic carboxylic acids is 1. The maximum Gasteiger partial charge on any atom is 1.00 e. The van der Waals surface area contributed by atoms with E-state index in [1.165, 1.54) is 37.4 Å². The molecule has 2 aromatic rings. The van der Waals surface area contributed by atoms with Gasteiger partial charge >= 0.3 is 109 Å². The van der Waals surface area contributed by atoms with E-state index in [0.717, 1.165) is 6.20 Å². The third-order valence-electron chi connectivity index (χ3n) is 3.99. The molecule has 0 atom stereocenters. The number of hydrogen-bond donors (Lipinski definition) is 1. The zero-order valence-electron chi connectivity index (χ0n) is 23.4. The molecule has 0 saturated heterocycles. The first-order valence-electron chi connectivity index (χ1n) is 9.87. The number of halogens is 1. The van der Waals surface area contributed by atoms with Crippen LogP contribution in [-0.4, -0.2) is 65.6 Å². The molecule has 0 saturated carbocycles. The number of carbonyl (C=O) groups excluding carboxylic acids is 2.